The van der Waals surface area contributed by atoms with Gasteiger partial charge in [-0.3, -0.25) is 4.90 Å². The summed E-state index contributed by atoms with van der Waals surface area (Å²) < 4.78 is 23.6. The molecule has 1 unspecified atom stereocenters. The highest BCUT2D eigenvalue weighted by Crippen LogP contribution is 2.35. The van der Waals surface area contributed by atoms with E-state index in [-0.39, 0.29) is 6.04 Å². The normalized spacial score (nSPS) is 22.6. The van der Waals surface area contributed by atoms with Gasteiger partial charge in [-0.25, -0.2) is 8.42 Å². The van der Waals surface area contributed by atoms with Crippen molar-refractivity contribution in [1.82, 2.24) is 9.80 Å². The summed E-state index contributed by atoms with van der Waals surface area (Å²) >= 11 is 0. The van der Waals surface area contributed by atoms with E-state index in [1.165, 1.54) is 0 Å². The van der Waals surface area contributed by atoms with Crippen LogP contribution in [0, 0.1) is 11.3 Å². The Kier molecular flexibility index (Phi) is 6.24. The van der Waals surface area contributed by atoms with E-state index in [0.29, 0.717) is 11.5 Å². The Morgan fingerprint density at radius 2 is 1.50 bits per heavy atom. The van der Waals surface area contributed by atoms with Crippen LogP contribution in [-0.4, -0.2) is 68.5 Å². The smallest absolute Gasteiger partial charge is 0.151 e. The van der Waals surface area contributed by atoms with Crippen LogP contribution in [0.2, 0.25) is 0 Å². The molecule has 2 fully saturated rings. The molecule has 1 atom stereocenters. The molecule has 0 saturated carbocycles. The van der Waals surface area contributed by atoms with Crippen LogP contribution in [0.25, 0.3) is 0 Å². The first-order valence-electron chi connectivity index (χ1n) is 10.7. The molecule has 0 aromatic heterocycles. The summed E-state index contributed by atoms with van der Waals surface area (Å²) in [5.41, 5.74) is 1.40. The monoisotopic (exact) mass is 423 g/mol. The fourth-order valence-electron chi connectivity index (χ4n) is 4.83. The Morgan fingerprint density at radius 3 is 1.97 bits per heavy atom. The highest BCUT2D eigenvalue weighted by Gasteiger charge is 2.36. The third-order valence-electron chi connectivity index (χ3n) is 6.66. The average Bonchev–Trinajstić information content (AvgIpc) is 3.16. The van der Waals surface area contributed by atoms with Crippen LogP contribution in [-0.2, 0) is 15.3 Å². The number of hydrogen-bond acceptors (Lipinski definition) is 5. The van der Waals surface area contributed by atoms with Crippen molar-refractivity contribution < 1.29 is 8.42 Å². The minimum atomic E-state index is -2.84. The summed E-state index contributed by atoms with van der Waals surface area (Å²) in [6.07, 6.45) is 1.50. The SMILES string of the molecule is N#CC(CCN1CCN(C2CCS(=O)(=O)C2)CC1)(c1ccccc1)c1ccccc1. The lowest BCUT2D eigenvalue weighted by Gasteiger charge is -2.39. The molecule has 4 rings (SSSR count). The minimum Gasteiger partial charge on any atom is -0.301 e. The molecule has 6 heteroatoms. The highest BCUT2D eigenvalue weighted by molar-refractivity contribution is 7.91. The van der Waals surface area contributed by atoms with Crippen LogP contribution < -0.4 is 0 Å². The standard InChI is InChI=1S/C24H29N3O2S/c25-20-24(21-7-3-1-4-8-21,22-9-5-2-6-10-22)12-13-26-14-16-27(17-15-26)23-11-18-30(28,29)19-23/h1-10,23H,11-19H2. The van der Waals surface area contributed by atoms with Crippen molar-refractivity contribution in [2.45, 2.75) is 24.3 Å². The van der Waals surface area contributed by atoms with E-state index >= 15 is 0 Å². The van der Waals surface area contributed by atoms with Gasteiger partial charge in [-0.1, -0.05) is 60.7 Å². The zero-order valence-corrected chi connectivity index (χ0v) is 18.1. The second-order valence-electron chi connectivity index (χ2n) is 8.43. The Labute approximate surface area is 179 Å². The molecule has 0 amide bonds. The van der Waals surface area contributed by atoms with Gasteiger partial charge in [0.05, 0.1) is 17.6 Å². The van der Waals surface area contributed by atoms with Crippen LogP contribution in [0.1, 0.15) is 24.0 Å². The van der Waals surface area contributed by atoms with Crippen molar-refractivity contribution in [3.63, 3.8) is 0 Å². The molecular formula is C24H29N3O2S. The van der Waals surface area contributed by atoms with Gasteiger partial charge in [-0.2, -0.15) is 5.26 Å². The molecule has 2 saturated heterocycles. The van der Waals surface area contributed by atoms with E-state index in [2.05, 4.69) is 40.1 Å². The van der Waals surface area contributed by atoms with Gasteiger partial charge in [0.1, 0.15) is 5.41 Å². The molecule has 2 aromatic rings. The van der Waals surface area contributed by atoms with E-state index in [1.807, 2.05) is 36.4 Å². The average molecular weight is 424 g/mol. The van der Waals surface area contributed by atoms with Crippen molar-refractivity contribution in [3.05, 3.63) is 71.8 Å². The molecule has 0 aliphatic carbocycles. The second-order valence-corrected chi connectivity index (χ2v) is 10.7. The molecular weight excluding hydrogens is 394 g/mol. The van der Waals surface area contributed by atoms with Gasteiger partial charge in [0.2, 0.25) is 0 Å². The Balaban J connectivity index is 1.44. The Morgan fingerprint density at radius 1 is 0.933 bits per heavy atom. The number of benzene rings is 2. The van der Waals surface area contributed by atoms with E-state index in [1.54, 1.807) is 0 Å². The van der Waals surface area contributed by atoms with Crippen molar-refractivity contribution in [2.24, 2.45) is 0 Å². The predicted octanol–water partition coefficient (Wildman–Crippen LogP) is 2.69. The quantitative estimate of drug-likeness (QED) is 0.715. The largest absolute Gasteiger partial charge is 0.301 e. The van der Waals surface area contributed by atoms with Gasteiger partial charge in [0.15, 0.2) is 9.84 Å². The number of rotatable bonds is 6. The van der Waals surface area contributed by atoms with Crippen molar-refractivity contribution >= 4 is 9.84 Å². The molecule has 2 heterocycles. The number of nitriles is 1. The first-order valence-corrected chi connectivity index (χ1v) is 12.5. The third-order valence-corrected chi connectivity index (χ3v) is 8.41. The highest BCUT2D eigenvalue weighted by atomic mass is 32.2. The lowest BCUT2D eigenvalue weighted by atomic mass is 9.73. The molecule has 0 spiro atoms. The molecule has 158 valence electrons. The molecule has 5 nitrogen and oxygen atoms in total. The summed E-state index contributed by atoms with van der Waals surface area (Å²) in [6.45, 7) is 4.48. The number of piperazine rings is 1. The summed E-state index contributed by atoms with van der Waals surface area (Å²) in [5.74, 6) is 0.642. The van der Waals surface area contributed by atoms with Crippen molar-refractivity contribution in [3.8, 4) is 6.07 Å². The first-order chi connectivity index (χ1) is 14.5. The van der Waals surface area contributed by atoms with E-state index in [9.17, 15) is 13.7 Å². The topological polar surface area (TPSA) is 64.4 Å². The number of nitrogens with zero attached hydrogens (tertiary/aromatic N) is 3. The minimum absolute atomic E-state index is 0.184. The summed E-state index contributed by atoms with van der Waals surface area (Å²) in [6, 6.07) is 23.0. The molecule has 2 aromatic carbocycles. The maximum absolute atomic E-state index is 11.8. The Bertz CT molecular complexity index is 939. The van der Waals surface area contributed by atoms with E-state index < -0.39 is 15.3 Å². The van der Waals surface area contributed by atoms with Crippen LogP contribution in [0.4, 0.5) is 0 Å². The van der Waals surface area contributed by atoms with Gasteiger partial charge in [-0.15, -0.1) is 0 Å². The van der Waals surface area contributed by atoms with Crippen molar-refractivity contribution in [1.29, 1.82) is 5.26 Å². The number of hydrogen-bond donors (Lipinski definition) is 0. The fraction of sp³-hybridized carbons (Fsp3) is 0.458. The Hall–Kier alpha value is -2.20. The van der Waals surface area contributed by atoms with Gasteiger partial charge in [0, 0.05) is 38.8 Å². The maximum atomic E-state index is 11.8. The predicted molar refractivity (Wildman–Crippen MR) is 119 cm³/mol. The third kappa shape index (κ3) is 4.44. The zero-order chi connectivity index (χ0) is 21.0. The molecule has 2 aliphatic rings. The van der Waals surface area contributed by atoms with Gasteiger partial charge in [0.25, 0.3) is 0 Å². The summed E-state index contributed by atoms with van der Waals surface area (Å²) in [5, 5.41) is 10.3. The van der Waals surface area contributed by atoms with Gasteiger partial charge in [-0.05, 0) is 24.0 Å². The lowest BCUT2D eigenvalue weighted by molar-refractivity contribution is 0.101. The molecule has 30 heavy (non-hydrogen) atoms. The van der Waals surface area contributed by atoms with Crippen LogP contribution in [0.3, 0.4) is 0 Å². The maximum Gasteiger partial charge on any atom is 0.151 e. The summed E-state index contributed by atoms with van der Waals surface area (Å²) in [7, 11) is -2.84. The molecule has 2 aliphatic heterocycles. The van der Waals surface area contributed by atoms with E-state index in [4.69, 9.17) is 0 Å². The van der Waals surface area contributed by atoms with Gasteiger partial charge >= 0.3 is 0 Å². The van der Waals surface area contributed by atoms with Crippen LogP contribution >= 0.6 is 0 Å². The fourth-order valence-corrected chi connectivity index (χ4v) is 6.59. The molecule has 0 N–H and O–H groups in total. The van der Waals surface area contributed by atoms with Crippen LogP contribution in [0.5, 0.6) is 0 Å². The first kappa shape index (κ1) is 21.0. The van der Waals surface area contributed by atoms with E-state index in [0.717, 1.165) is 56.7 Å². The molecule has 0 radical (unpaired) electrons. The molecule has 0 bridgehead atoms. The van der Waals surface area contributed by atoms with Gasteiger partial charge < -0.3 is 4.90 Å². The second kappa shape index (κ2) is 8.89. The number of sulfone groups is 1. The van der Waals surface area contributed by atoms with Crippen LogP contribution in [0.15, 0.2) is 60.7 Å². The zero-order valence-electron chi connectivity index (χ0n) is 17.3. The van der Waals surface area contributed by atoms with Crippen molar-refractivity contribution in [2.75, 3.05) is 44.2 Å². The lowest BCUT2D eigenvalue weighted by Crippen LogP contribution is -2.51. The summed E-state index contributed by atoms with van der Waals surface area (Å²) in [4.78, 5) is 4.75.